The molecular formula is C8H12O2S2. The van der Waals surface area contributed by atoms with E-state index in [0.29, 0.717) is 12.2 Å². The molecule has 4 atom stereocenters. The molecule has 0 radical (unpaired) electrons. The molecule has 0 spiro atoms. The second-order valence-corrected chi connectivity index (χ2v) is 6.03. The minimum Gasteiger partial charge on any atom is -0.372 e. The first-order chi connectivity index (χ1) is 5.93. The van der Waals surface area contributed by atoms with Crippen molar-refractivity contribution in [3.63, 3.8) is 0 Å². The zero-order valence-corrected chi connectivity index (χ0v) is 8.40. The summed E-state index contributed by atoms with van der Waals surface area (Å²) in [6, 6.07) is 0. The van der Waals surface area contributed by atoms with Crippen molar-refractivity contribution in [1.29, 1.82) is 0 Å². The molecule has 0 bridgehead atoms. The summed E-state index contributed by atoms with van der Waals surface area (Å²) in [7, 11) is 0. The lowest BCUT2D eigenvalue weighted by Gasteiger charge is -2.25. The SMILES string of the molecule is C1OC1C1CSC(C2CO2)CS1. The Balaban J connectivity index is 1.51. The van der Waals surface area contributed by atoms with Gasteiger partial charge in [0.25, 0.3) is 0 Å². The van der Waals surface area contributed by atoms with Crippen LogP contribution in [-0.2, 0) is 9.47 Å². The third-order valence-electron chi connectivity index (χ3n) is 2.50. The Hall–Kier alpha value is 0.620. The maximum atomic E-state index is 5.29. The van der Waals surface area contributed by atoms with E-state index in [1.807, 2.05) is 0 Å². The van der Waals surface area contributed by atoms with Crippen molar-refractivity contribution in [3.05, 3.63) is 0 Å². The van der Waals surface area contributed by atoms with Gasteiger partial charge in [0.1, 0.15) is 0 Å². The van der Waals surface area contributed by atoms with Crippen LogP contribution in [0.25, 0.3) is 0 Å². The lowest BCUT2D eigenvalue weighted by atomic mass is 10.3. The largest absolute Gasteiger partial charge is 0.372 e. The Morgan fingerprint density at radius 1 is 0.833 bits per heavy atom. The van der Waals surface area contributed by atoms with Crippen LogP contribution in [-0.4, -0.2) is 47.4 Å². The van der Waals surface area contributed by atoms with E-state index in [9.17, 15) is 0 Å². The van der Waals surface area contributed by atoms with Crippen LogP contribution in [0.1, 0.15) is 0 Å². The van der Waals surface area contributed by atoms with Crippen LogP contribution >= 0.6 is 23.5 Å². The summed E-state index contributed by atoms with van der Waals surface area (Å²) in [6.07, 6.45) is 1.17. The predicted octanol–water partition coefficient (Wildman–Crippen LogP) is 1.00. The molecule has 0 aromatic heterocycles. The highest BCUT2D eigenvalue weighted by Crippen LogP contribution is 2.39. The van der Waals surface area contributed by atoms with Crippen LogP contribution in [0.3, 0.4) is 0 Å². The summed E-state index contributed by atoms with van der Waals surface area (Å²) in [4.78, 5) is 0. The summed E-state index contributed by atoms with van der Waals surface area (Å²) < 4.78 is 10.6. The summed E-state index contributed by atoms with van der Waals surface area (Å²) in [5.41, 5.74) is 0. The Morgan fingerprint density at radius 3 is 1.50 bits per heavy atom. The Kier molecular flexibility index (Phi) is 2.05. The monoisotopic (exact) mass is 204 g/mol. The summed E-state index contributed by atoms with van der Waals surface area (Å²) in [5.74, 6) is 2.53. The van der Waals surface area contributed by atoms with E-state index in [0.717, 1.165) is 23.7 Å². The van der Waals surface area contributed by atoms with Crippen molar-refractivity contribution in [2.75, 3.05) is 24.7 Å². The molecule has 3 rings (SSSR count). The van der Waals surface area contributed by atoms with Gasteiger partial charge in [-0.2, -0.15) is 23.5 Å². The lowest BCUT2D eigenvalue weighted by Crippen LogP contribution is -2.28. The molecule has 0 aliphatic carbocycles. The Labute approximate surface area is 80.7 Å². The van der Waals surface area contributed by atoms with E-state index >= 15 is 0 Å². The zero-order valence-electron chi connectivity index (χ0n) is 6.77. The van der Waals surface area contributed by atoms with Crippen LogP contribution in [0, 0.1) is 0 Å². The highest BCUT2D eigenvalue weighted by atomic mass is 32.2. The smallest absolute Gasteiger partial charge is 0.0936 e. The van der Waals surface area contributed by atoms with Crippen molar-refractivity contribution >= 4 is 23.5 Å². The molecule has 3 saturated heterocycles. The van der Waals surface area contributed by atoms with Crippen LogP contribution in [0.15, 0.2) is 0 Å². The number of hydrogen-bond donors (Lipinski definition) is 0. The molecule has 0 amide bonds. The van der Waals surface area contributed by atoms with Gasteiger partial charge in [0, 0.05) is 22.0 Å². The summed E-state index contributed by atoms with van der Waals surface area (Å²) >= 11 is 4.17. The minimum atomic E-state index is 0.587. The number of thioether (sulfide) groups is 2. The van der Waals surface area contributed by atoms with Gasteiger partial charge in [-0.25, -0.2) is 0 Å². The van der Waals surface area contributed by atoms with Gasteiger partial charge < -0.3 is 9.47 Å². The molecule has 3 fully saturated rings. The number of hydrogen-bond acceptors (Lipinski definition) is 4. The topological polar surface area (TPSA) is 25.1 Å². The van der Waals surface area contributed by atoms with E-state index < -0.39 is 0 Å². The molecular weight excluding hydrogens is 192 g/mol. The quantitative estimate of drug-likeness (QED) is 0.627. The van der Waals surface area contributed by atoms with Crippen LogP contribution in [0.2, 0.25) is 0 Å². The van der Waals surface area contributed by atoms with Crippen LogP contribution in [0.5, 0.6) is 0 Å². The van der Waals surface area contributed by atoms with Gasteiger partial charge >= 0.3 is 0 Å². The molecule has 0 aromatic carbocycles. The van der Waals surface area contributed by atoms with E-state index in [1.54, 1.807) is 0 Å². The average molecular weight is 204 g/mol. The Morgan fingerprint density at radius 2 is 1.25 bits per heavy atom. The van der Waals surface area contributed by atoms with Gasteiger partial charge in [0.05, 0.1) is 25.4 Å². The molecule has 3 heterocycles. The molecule has 68 valence electrons. The first kappa shape index (κ1) is 7.97. The fourth-order valence-corrected chi connectivity index (χ4v) is 4.79. The summed E-state index contributed by atoms with van der Waals surface area (Å²) in [6.45, 7) is 2.01. The second kappa shape index (κ2) is 3.08. The van der Waals surface area contributed by atoms with Gasteiger partial charge in [0.15, 0.2) is 0 Å². The number of ether oxygens (including phenoxy) is 2. The van der Waals surface area contributed by atoms with Crippen molar-refractivity contribution in [2.45, 2.75) is 22.7 Å². The molecule has 4 unspecified atom stereocenters. The molecule has 2 nitrogen and oxygen atoms in total. The highest BCUT2D eigenvalue weighted by Gasteiger charge is 2.41. The third kappa shape index (κ3) is 1.62. The normalized spacial score (nSPS) is 52.0. The Bertz CT molecular complexity index is 152. The van der Waals surface area contributed by atoms with Crippen LogP contribution < -0.4 is 0 Å². The minimum absolute atomic E-state index is 0.587. The van der Waals surface area contributed by atoms with Crippen molar-refractivity contribution in [2.24, 2.45) is 0 Å². The molecule has 0 N–H and O–H groups in total. The van der Waals surface area contributed by atoms with E-state index in [2.05, 4.69) is 23.5 Å². The average Bonchev–Trinajstić information content (AvgIpc) is 2.98. The summed E-state index contributed by atoms with van der Waals surface area (Å²) in [5, 5.41) is 1.54. The lowest BCUT2D eigenvalue weighted by molar-refractivity contribution is 0.402. The van der Waals surface area contributed by atoms with Gasteiger partial charge in [0.2, 0.25) is 0 Å². The molecule has 3 aliphatic heterocycles. The predicted molar refractivity (Wildman–Crippen MR) is 52.0 cm³/mol. The van der Waals surface area contributed by atoms with Gasteiger partial charge in [-0.3, -0.25) is 0 Å². The molecule has 0 saturated carbocycles. The van der Waals surface area contributed by atoms with Crippen molar-refractivity contribution in [3.8, 4) is 0 Å². The van der Waals surface area contributed by atoms with Gasteiger partial charge in [-0.05, 0) is 0 Å². The number of rotatable bonds is 2. The third-order valence-corrected chi connectivity index (χ3v) is 5.82. The maximum Gasteiger partial charge on any atom is 0.0936 e. The zero-order chi connectivity index (χ0) is 7.97. The van der Waals surface area contributed by atoms with Gasteiger partial charge in [-0.1, -0.05) is 0 Å². The van der Waals surface area contributed by atoms with Gasteiger partial charge in [-0.15, -0.1) is 0 Å². The standard InChI is InChI=1S/C8H12O2S2/c1-5(9-1)7-3-12-8(4-11-7)6-2-10-6/h5-8H,1-4H2. The molecule has 0 aromatic rings. The van der Waals surface area contributed by atoms with Crippen molar-refractivity contribution in [1.82, 2.24) is 0 Å². The second-order valence-electron chi connectivity index (χ2n) is 3.49. The fraction of sp³-hybridized carbons (Fsp3) is 1.00. The first-order valence-corrected chi connectivity index (χ1v) is 6.49. The van der Waals surface area contributed by atoms with E-state index in [-0.39, 0.29) is 0 Å². The first-order valence-electron chi connectivity index (χ1n) is 4.40. The molecule has 12 heavy (non-hydrogen) atoms. The van der Waals surface area contributed by atoms with E-state index in [1.165, 1.54) is 11.5 Å². The molecule has 4 heteroatoms. The highest BCUT2D eigenvalue weighted by molar-refractivity contribution is 8.07. The van der Waals surface area contributed by atoms with Crippen LogP contribution in [0.4, 0.5) is 0 Å². The van der Waals surface area contributed by atoms with Crippen molar-refractivity contribution < 1.29 is 9.47 Å². The fourth-order valence-electron chi connectivity index (χ4n) is 1.50. The number of epoxide rings is 2. The maximum absolute atomic E-state index is 5.29. The molecule has 3 aliphatic rings. The van der Waals surface area contributed by atoms with E-state index in [4.69, 9.17) is 9.47 Å².